The SMILES string of the molecule is CC(N[SH](=O)=O)c1ncc(-c2ccc([C@H]3OC(C)(C)N(C(=O)O)[C@@]3(CF)C(C)(C)C)cc2)cc1Cl. The lowest BCUT2D eigenvalue weighted by atomic mass is 9.68. The Morgan fingerprint density at radius 1 is 1.29 bits per heavy atom. The number of carboxylic acid groups (broad SMARTS) is 1. The molecule has 1 aromatic heterocycles. The van der Waals surface area contributed by atoms with Crippen molar-refractivity contribution in [2.24, 2.45) is 5.41 Å². The minimum Gasteiger partial charge on any atom is -0.465 e. The second kappa shape index (κ2) is 9.65. The van der Waals surface area contributed by atoms with Crippen molar-refractivity contribution < 1.29 is 27.4 Å². The van der Waals surface area contributed by atoms with Crippen LogP contribution in [-0.2, 0) is 15.6 Å². The van der Waals surface area contributed by atoms with E-state index in [0.717, 1.165) is 10.5 Å². The molecule has 0 bridgehead atoms. The number of nitrogens with one attached hydrogen (secondary N) is 1. The monoisotopic (exact) mass is 527 g/mol. The standard InChI is InChI=1S/C24H31ClFN3O5S/c1-14(28-35(32)33)19-18(25)11-17(12-27-19)15-7-9-16(10-8-15)20-24(13-26,22(2,3)4)29(21(30)31)23(5,6)34-20/h7-12,14,20,35H,13H2,1-6H3,(H,30,31)(H,28,32,33)/t14?,20-,24-/m1/s1. The summed E-state index contributed by atoms with van der Waals surface area (Å²) in [5.41, 5.74) is -0.923. The fourth-order valence-electron chi connectivity index (χ4n) is 4.83. The number of aromatic nitrogens is 1. The molecule has 1 amide bonds. The van der Waals surface area contributed by atoms with Gasteiger partial charge >= 0.3 is 6.09 Å². The summed E-state index contributed by atoms with van der Waals surface area (Å²) in [7, 11) is -2.80. The summed E-state index contributed by atoms with van der Waals surface area (Å²) >= 11 is 6.35. The Morgan fingerprint density at radius 3 is 2.34 bits per heavy atom. The van der Waals surface area contributed by atoms with E-state index in [1.165, 1.54) is 0 Å². The molecule has 3 rings (SSSR count). The van der Waals surface area contributed by atoms with Crippen molar-refractivity contribution in [3.05, 3.63) is 52.8 Å². The van der Waals surface area contributed by atoms with Crippen LogP contribution in [0.4, 0.5) is 9.18 Å². The number of halogens is 2. The molecule has 8 nitrogen and oxygen atoms in total. The molecule has 0 aliphatic carbocycles. The smallest absolute Gasteiger partial charge is 0.410 e. The first-order chi connectivity index (χ1) is 16.2. The summed E-state index contributed by atoms with van der Waals surface area (Å²) < 4.78 is 45.3. The van der Waals surface area contributed by atoms with E-state index in [2.05, 4.69) is 9.71 Å². The van der Waals surface area contributed by atoms with Gasteiger partial charge in [0.1, 0.15) is 24.0 Å². The van der Waals surface area contributed by atoms with Crippen LogP contribution in [0.25, 0.3) is 11.1 Å². The number of alkyl halides is 1. The molecule has 3 atom stereocenters. The van der Waals surface area contributed by atoms with E-state index < -0.39 is 52.5 Å². The van der Waals surface area contributed by atoms with Crippen LogP contribution in [0.15, 0.2) is 36.5 Å². The van der Waals surface area contributed by atoms with Gasteiger partial charge in [-0.1, -0.05) is 56.6 Å². The van der Waals surface area contributed by atoms with Gasteiger partial charge in [-0.05, 0) is 43.4 Å². The maximum absolute atomic E-state index is 14.9. The number of benzene rings is 1. The molecule has 2 aromatic rings. The van der Waals surface area contributed by atoms with Crippen LogP contribution in [0.3, 0.4) is 0 Å². The van der Waals surface area contributed by atoms with Crippen molar-refractivity contribution in [2.45, 2.75) is 65.0 Å². The molecule has 1 unspecified atom stereocenters. The summed E-state index contributed by atoms with van der Waals surface area (Å²) in [5.74, 6) is 0. The van der Waals surface area contributed by atoms with Crippen molar-refractivity contribution in [1.82, 2.24) is 14.6 Å². The number of amides is 1. The molecule has 2 heterocycles. The van der Waals surface area contributed by atoms with Crippen molar-refractivity contribution in [3.8, 4) is 11.1 Å². The summed E-state index contributed by atoms with van der Waals surface area (Å²) in [5, 5.41) is 10.3. The normalized spacial score (nSPS) is 23.0. The molecule has 1 aliphatic rings. The van der Waals surface area contributed by atoms with Gasteiger partial charge in [-0.15, -0.1) is 0 Å². The van der Waals surface area contributed by atoms with Gasteiger partial charge in [-0.3, -0.25) is 9.88 Å². The van der Waals surface area contributed by atoms with Crippen molar-refractivity contribution in [1.29, 1.82) is 0 Å². The molecular weight excluding hydrogens is 497 g/mol. The molecule has 192 valence electrons. The van der Waals surface area contributed by atoms with Crippen LogP contribution in [0.1, 0.15) is 64.9 Å². The lowest BCUT2D eigenvalue weighted by Crippen LogP contribution is -2.63. The first-order valence-electron chi connectivity index (χ1n) is 11.1. The second-order valence-electron chi connectivity index (χ2n) is 10.2. The van der Waals surface area contributed by atoms with E-state index in [0.29, 0.717) is 21.8 Å². The number of thiol groups is 1. The molecule has 1 aromatic carbocycles. The van der Waals surface area contributed by atoms with Crippen LogP contribution >= 0.6 is 11.6 Å². The molecule has 1 fully saturated rings. The Hall–Kier alpha value is -2.27. The summed E-state index contributed by atoms with van der Waals surface area (Å²) in [6, 6.07) is 8.30. The van der Waals surface area contributed by atoms with Gasteiger partial charge in [0.25, 0.3) is 0 Å². The van der Waals surface area contributed by atoms with Crippen LogP contribution in [-0.4, -0.2) is 47.4 Å². The Labute approximate surface area is 211 Å². The zero-order valence-corrected chi connectivity index (χ0v) is 22.2. The minimum atomic E-state index is -2.80. The zero-order chi connectivity index (χ0) is 26.3. The Morgan fingerprint density at radius 2 is 1.89 bits per heavy atom. The fourth-order valence-corrected chi connectivity index (χ4v) is 5.60. The Balaban J connectivity index is 2.00. The lowest BCUT2D eigenvalue weighted by Gasteiger charge is -2.48. The average molecular weight is 528 g/mol. The number of nitrogens with zero attached hydrogens (tertiary/aromatic N) is 2. The maximum Gasteiger partial charge on any atom is 0.410 e. The Kier molecular flexibility index (Phi) is 7.53. The molecule has 0 spiro atoms. The van der Waals surface area contributed by atoms with E-state index in [1.54, 1.807) is 45.2 Å². The van der Waals surface area contributed by atoms with Crippen LogP contribution in [0.2, 0.25) is 5.02 Å². The molecule has 1 saturated heterocycles. The second-order valence-corrected chi connectivity index (χ2v) is 11.4. The molecule has 11 heteroatoms. The third kappa shape index (κ3) is 4.89. The topological polar surface area (TPSA) is 109 Å². The van der Waals surface area contributed by atoms with E-state index >= 15 is 0 Å². The quantitative estimate of drug-likeness (QED) is 0.450. The van der Waals surface area contributed by atoms with E-state index in [9.17, 15) is 22.7 Å². The van der Waals surface area contributed by atoms with Gasteiger partial charge in [0.2, 0.25) is 10.9 Å². The first kappa shape index (κ1) is 27.3. The molecular formula is C24H31ClFN3O5S. The lowest BCUT2D eigenvalue weighted by molar-refractivity contribution is -0.0696. The average Bonchev–Trinajstić information content (AvgIpc) is 3.01. The Bertz CT molecular complexity index is 1170. The van der Waals surface area contributed by atoms with E-state index in [-0.39, 0.29) is 0 Å². The molecule has 1 aliphatic heterocycles. The third-order valence-corrected chi connectivity index (χ3v) is 7.50. The van der Waals surface area contributed by atoms with Crippen LogP contribution in [0, 0.1) is 5.41 Å². The van der Waals surface area contributed by atoms with E-state index in [4.69, 9.17) is 16.3 Å². The van der Waals surface area contributed by atoms with Crippen molar-refractivity contribution in [3.63, 3.8) is 0 Å². The first-order valence-corrected chi connectivity index (χ1v) is 12.6. The van der Waals surface area contributed by atoms with Crippen LogP contribution < -0.4 is 4.72 Å². The number of hydrogen-bond acceptors (Lipinski definition) is 5. The van der Waals surface area contributed by atoms with Gasteiger partial charge in [0.05, 0.1) is 16.8 Å². The van der Waals surface area contributed by atoms with Gasteiger partial charge in [0, 0.05) is 11.8 Å². The summed E-state index contributed by atoms with van der Waals surface area (Å²) in [6.45, 7) is 9.40. The highest BCUT2D eigenvalue weighted by Gasteiger charge is 2.66. The van der Waals surface area contributed by atoms with Crippen molar-refractivity contribution >= 4 is 28.6 Å². The van der Waals surface area contributed by atoms with Crippen molar-refractivity contribution in [2.75, 3.05) is 6.67 Å². The third-order valence-electron chi connectivity index (χ3n) is 6.60. The number of carbonyl (C=O) groups is 1. The highest BCUT2D eigenvalue weighted by Crippen LogP contribution is 2.56. The molecule has 2 N–H and O–H groups in total. The number of pyridine rings is 1. The molecule has 0 radical (unpaired) electrons. The summed E-state index contributed by atoms with van der Waals surface area (Å²) in [6.07, 6.45) is -0.486. The molecule has 0 saturated carbocycles. The predicted molar refractivity (Wildman–Crippen MR) is 132 cm³/mol. The largest absolute Gasteiger partial charge is 0.465 e. The molecule has 35 heavy (non-hydrogen) atoms. The summed E-state index contributed by atoms with van der Waals surface area (Å²) in [4.78, 5) is 17.7. The fraction of sp³-hybridized carbons (Fsp3) is 0.500. The van der Waals surface area contributed by atoms with E-state index in [1.807, 2.05) is 32.9 Å². The number of rotatable bonds is 6. The van der Waals surface area contributed by atoms with Gasteiger partial charge in [-0.25, -0.2) is 22.3 Å². The number of ether oxygens (including phenoxy) is 1. The zero-order valence-electron chi connectivity index (χ0n) is 20.5. The van der Waals surface area contributed by atoms with Gasteiger partial charge < -0.3 is 9.84 Å². The highest BCUT2D eigenvalue weighted by molar-refractivity contribution is 7.70. The van der Waals surface area contributed by atoms with Gasteiger partial charge in [0.15, 0.2) is 0 Å². The highest BCUT2D eigenvalue weighted by atomic mass is 35.5. The maximum atomic E-state index is 14.9. The number of hydrogen-bond donors (Lipinski definition) is 3. The predicted octanol–water partition coefficient (Wildman–Crippen LogP) is 5.12. The van der Waals surface area contributed by atoms with Gasteiger partial charge in [-0.2, -0.15) is 0 Å². The minimum absolute atomic E-state index is 0.311. The van der Waals surface area contributed by atoms with Crippen LogP contribution in [0.5, 0.6) is 0 Å².